The first-order valence-electron chi connectivity index (χ1n) is 12.2. The second-order valence-corrected chi connectivity index (χ2v) is 9.83. The van der Waals surface area contributed by atoms with Gasteiger partial charge in [-0.2, -0.15) is 0 Å². The van der Waals surface area contributed by atoms with E-state index in [9.17, 15) is 4.39 Å². The molecule has 3 aliphatic rings. The summed E-state index contributed by atoms with van der Waals surface area (Å²) in [6.45, 7) is 7.39. The molecule has 2 radical (unpaired) electrons. The van der Waals surface area contributed by atoms with E-state index in [1.165, 1.54) is 12.1 Å². The Kier molecular flexibility index (Phi) is 4.72. The van der Waals surface area contributed by atoms with Crippen LogP contribution in [0.15, 0.2) is 84.9 Å². The maximum absolute atomic E-state index is 15.1. The van der Waals surface area contributed by atoms with Crippen LogP contribution in [0.5, 0.6) is 17.2 Å². The topological polar surface area (TPSA) is 44.8 Å². The minimum atomic E-state index is -1.03. The zero-order valence-corrected chi connectivity index (χ0v) is 19.9. The number of ether oxygens (including phenoxy) is 3. The number of nitrogens with zero attached hydrogens (tertiary/aromatic N) is 1. The summed E-state index contributed by atoms with van der Waals surface area (Å²) in [5.41, 5.74) is 3.86. The van der Waals surface area contributed by atoms with Gasteiger partial charge in [0.15, 0.2) is 16.9 Å². The number of para-hydroxylation sites is 1. The highest BCUT2D eigenvalue weighted by atomic mass is 19.1. The van der Waals surface area contributed by atoms with Crippen molar-refractivity contribution in [3.8, 4) is 17.2 Å². The molecule has 0 aromatic heterocycles. The molecule has 7 rings (SSSR count). The van der Waals surface area contributed by atoms with E-state index in [0.29, 0.717) is 35.9 Å². The van der Waals surface area contributed by atoms with Crippen LogP contribution in [0.1, 0.15) is 27.8 Å². The summed E-state index contributed by atoms with van der Waals surface area (Å²) in [4.78, 5) is 15.1. The van der Waals surface area contributed by atoms with Gasteiger partial charge in [0.2, 0.25) is 6.79 Å². The van der Waals surface area contributed by atoms with Crippen molar-refractivity contribution in [1.82, 2.24) is 4.48 Å². The molecule has 1 spiro atoms. The Morgan fingerprint density at radius 1 is 0.811 bits per heavy atom. The molecule has 3 aliphatic heterocycles. The lowest BCUT2D eigenvalue weighted by atomic mass is 9.77. The van der Waals surface area contributed by atoms with Gasteiger partial charge in [-0.25, -0.2) is 13.7 Å². The summed E-state index contributed by atoms with van der Waals surface area (Å²) in [6, 6.07) is 25.6. The molecule has 4 aromatic carbocycles. The van der Waals surface area contributed by atoms with Crippen LogP contribution >= 0.6 is 0 Å². The first-order valence-corrected chi connectivity index (χ1v) is 12.2. The minimum absolute atomic E-state index is 0.00669. The predicted molar refractivity (Wildman–Crippen MR) is 136 cm³/mol. The van der Waals surface area contributed by atoms with Crippen LogP contribution in [-0.4, -0.2) is 19.3 Å². The zero-order chi connectivity index (χ0) is 25.2. The fourth-order valence-corrected chi connectivity index (χ4v) is 6.08. The van der Waals surface area contributed by atoms with Crippen LogP contribution in [0.4, 0.5) is 10.1 Å². The number of rotatable bonds is 4. The molecule has 0 saturated carbocycles. The summed E-state index contributed by atoms with van der Waals surface area (Å²) in [7, 11) is 0. The van der Waals surface area contributed by atoms with E-state index in [0.717, 1.165) is 27.9 Å². The molecule has 0 bridgehead atoms. The van der Waals surface area contributed by atoms with Crippen LogP contribution in [0, 0.1) is 12.7 Å². The van der Waals surface area contributed by atoms with Gasteiger partial charge in [0.25, 0.3) is 0 Å². The van der Waals surface area contributed by atoms with Gasteiger partial charge in [0, 0.05) is 28.3 Å². The van der Waals surface area contributed by atoms with Gasteiger partial charge < -0.3 is 14.2 Å². The van der Waals surface area contributed by atoms with Gasteiger partial charge in [0.1, 0.15) is 37.0 Å². The van der Waals surface area contributed by atoms with E-state index in [-0.39, 0.29) is 29.6 Å². The van der Waals surface area contributed by atoms with Crippen LogP contribution in [-0.2, 0) is 23.3 Å². The Balaban J connectivity index is 1.46. The minimum Gasteiger partial charge on any atom is -0.491 e. The van der Waals surface area contributed by atoms with Crippen molar-refractivity contribution >= 4 is 11.6 Å². The van der Waals surface area contributed by atoms with Gasteiger partial charge in [-0.05, 0) is 36.8 Å². The second kappa shape index (κ2) is 7.92. The van der Waals surface area contributed by atoms with E-state index in [1.54, 1.807) is 12.1 Å². The summed E-state index contributed by atoms with van der Waals surface area (Å²) < 4.78 is 31.2. The molecule has 2 unspecified atom stereocenters. The normalized spacial score (nSPS) is 22.7. The van der Waals surface area contributed by atoms with E-state index >= 15 is 4.79 Å². The molecule has 0 saturated heterocycles. The van der Waals surface area contributed by atoms with Crippen molar-refractivity contribution in [2.24, 2.45) is 0 Å². The fourth-order valence-electron chi connectivity index (χ4n) is 6.08. The van der Waals surface area contributed by atoms with Crippen molar-refractivity contribution in [2.75, 3.05) is 13.4 Å². The monoisotopic (exact) mass is 492 g/mol. The number of benzene rings is 4. The Morgan fingerprint density at radius 3 is 2.35 bits per heavy atom. The van der Waals surface area contributed by atoms with E-state index in [4.69, 9.17) is 21.1 Å². The lowest BCUT2D eigenvalue weighted by Crippen LogP contribution is -2.56. The van der Waals surface area contributed by atoms with E-state index in [2.05, 4.69) is 0 Å². The summed E-state index contributed by atoms with van der Waals surface area (Å²) in [6.07, 6.45) is 0. The first kappa shape index (κ1) is 22.1. The molecule has 0 N–H and O–H groups in total. The third-order valence-electron chi connectivity index (χ3n) is 7.82. The highest BCUT2D eigenvalue weighted by Crippen LogP contribution is 2.58. The Morgan fingerprint density at radius 2 is 1.54 bits per heavy atom. The maximum Gasteiger partial charge on any atom is 0.338 e. The molecule has 4 aromatic rings. The van der Waals surface area contributed by atoms with Gasteiger partial charge in [-0.1, -0.05) is 54.6 Å². The van der Waals surface area contributed by atoms with Crippen LogP contribution in [0.2, 0.25) is 0 Å². The van der Waals surface area contributed by atoms with Crippen molar-refractivity contribution < 1.29 is 23.4 Å². The number of carbonyl (C=O) groups excluding carboxylic acids is 1. The van der Waals surface area contributed by atoms with Crippen LogP contribution in [0.25, 0.3) is 0 Å². The molecule has 37 heavy (non-hydrogen) atoms. The standard InChI is InChI=1S/C31H23FNO4/c1-20-6-2-3-7-22(20)17-33(16-21-10-12-23(32)13-11-21)26-9-5-4-8-24(26)31(30(33)34)18-35-27-15-29-28(14-25(27)31)36-19-37-29/h1-15H,16-19H2/q+1. The molecule has 3 heterocycles. The molecule has 1 amide bonds. The summed E-state index contributed by atoms with van der Waals surface area (Å²) >= 11 is 0. The van der Waals surface area contributed by atoms with Crippen molar-refractivity contribution in [3.05, 3.63) is 125 Å². The number of fused-ring (bicyclic) bond motifs is 5. The average Bonchev–Trinajstić information content (AvgIpc) is 3.58. The van der Waals surface area contributed by atoms with Crippen LogP contribution < -0.4 is 18.7 Å². The smallest absolute Gasteiger partial charge is 0.338 e. The zero-order valence-electron chi connectivity index (χ0n) is 19.9. The van der Waals surface area contributed by atoms with Crippen molar-refractivity contribution in [3.63, 3.8) is 0 Å². The lowest BCUT2D eigenvalue weighted by molar-refractivity contribution is -0.134. The predicted octanol–water partition coefficient (Wildman–Crippen LogP) is 5.54. The van der Waals surface area contributed by atoms with Crippen molar-refractivity contribution in [2.45, 2.75) is 18.5 Å². The van der Waals surface area contributed by atoms with Gasteiger partial charge in [-0.3, -0.25) is 0 Å². The number of hydrogen-bond acceptors (Lipinski definition) is 4. The molecule has 6 heteroatoms. The third kappa shape index (κ3) is 3.09. The quantitative estimate of drug-likeness (QED) is 0.351. The third-order valence-corrected chi connectivity index (χ3v) is 7.82. The first-order chi connectivity index (χ1) is 18.0. The Labute approximate surface area is 214 Å². The lowest BCUT2D eigenvalue weighted by Gasteiger charge is -2.34. The summed E-state index contributed by atoms with van der Waals surface area (Å²) in [5, 5.41) is 0. The SMILES string of the molecule is [CH]c1ccccc1C[N+]1(Cc2ccc(F)cc2)C(=O)C2(COc3cc4c(cc32)OCO4)c2ccccc21. The van der Waals surface area contributed by atoms with Gasteiger partial charge >= 0.3 is 5.91 Å². The number of quaternary nitrogens is 1. The average molecular weight is 493 g/mol. The Bertz CT molecular complexity index is 1570. The maximum atomic E-state index is 15.1. The molecular formula is C31H23FNO4+. The van der Waals surface area contributed by atoms with Gasteiger partial charge in [0.05, 0.1) is 0 Å². The summed E-state index contributed by atoms with van der Waals surface area (Å²) in [5.74, 6) is 1.50. The molecule has 0 aliphatic carbocycles. The molecule has 182 valence electrons. The van der Waals surface area contributed by atoms with E-state index in [1.807, 2.05) is 60.7 Å². The molecular weight excluding hydrogens is 469 g/mol. The molecule has 5 nitrogen and oxygen atoms in total. The number of carbonyl (C=O) groups is 1. The fraction of sp³-hybridized carbons (Fsp3) is 0.161. The van der Waals surface area contributed by atoms with Crippen LogP contribution in [0.3, 0.4) is 0 Å². The molecule has 0 fully saturated rings. The number of hydrogen-bond donors (Lipinski definition) is 0. The molecule has 2 atom stereocenters. The second-order valence-electron chi connectivity index (χ2n) is 9.83. The highest BCUT2D eigenvalue weighted by Gasteiger charge is 2.66. The van der Waals surface area contributed by atoms with E-state index < -0.39 is 5.41 Å². The largest absolute Gasteiger partial charge is 0.491 e. The Hall–Kier alpha value is -4.16. The number of halogens is 1. The van der Waals surface area contributed by atoms with Gasteiger partial charge in [-0.15, -0.1) is 0 Å². The number of amides is 1. The highest BCUT2D eigenvalue weighted by molar-refractivity contribution is 6.08. The van der Waals surface area contributed by atoms with Crippen molar-refractivity contribution in [1.29, 1.82) is 0 Å².